The van der Waals surface area contributed by atoms with Crippen molar-refractivity contribution >= 4 is 30.3 Å². The van der Waals surface area contributed by atoms with E-state index >= 15 is 0 Å². The molecule has 0 aromatic heterocycles. The van der Waals surface area contributed by atoms with Gasteiger partial charge in [0.05, 0.1) is 6.10 Å². The van der Waals surface area contributed by atoms with Crippen molar-refractivity contribution in [1.82, 2.24) is 10.2 Å². The highest BCUT2D eigenvalue weighted by molar-refractivity contribution is 5.97. The molecule has 0 aliphatic carbocycles. The molecule has 7 N–H and O–H groups in total. The maximum Gasteiger partial charge on any atom is 0.352 e. The zero-order valence-corrected chi connectivity index (χ0v) is 16.7. The first kappa shape index (κ1) is 20.9. The zero-order valence-electron chi connectivity index (χ0n) is 19.7. The molecule has 0 aromatic carbocycles. The van der Waals surface area contributed by atoms with E-state index in [1.165, 1.54) is 0 Å². The number of nitrogens with one attached hydrogen (secondary N) is 2. The normalized spacial score (nSPS) is 24.8. The second kappa shape index (κ2) is 15.1. The molecule has 29 heavy (non-hydrogen) atoms. The lowest BCUT2D eigenvalue weighted by molar-refractivity contribution is -0.153. The van der Waals surface area contributed by atoms with Gasteiger partial charge in [-0.3, -0.25) is 20.3 Å². The first-order valence-electron chi connectivity index (χ1n) is 11.0. The molecule has 1 rings (SSSR count). The predicted molar refractivity (Wildman–Crippen MR) is 109 cm³/mol. The van der Waals surface area contributed by atoms with Gasteiger partial charge in [-0.25, -0.2) is 9.79 Å². The average molecular weight is 418 g/mol. The molecule has 0 saturated carbocycles. The molecule has 1 saturated heterocycles. The minimum absolute atomic E-state index is 0.145. The summed E-state index contributed by atoms with van der Waals surface area (Å²) in [6.07, 6.45) is 4.94. The maximum atomic E-state index is 12.7. The van der Waals surface area contributed by atoms with E-state index in [4.69, 9.17) is 35.6 Å². The van der Waals surface area contributed by atoms with Crippen molar-refractivity contribution in [3.8, 4) is 0 Å². The third kappa shape index (κ3) is 12.3. The number of nitrogens with two attached hydrogens (primary N) is 2. The minimum Gasteiger partial charge on any atom is -0.483 e. The molecule has 0 spiro atoms. The molecular weight excluding hydrogens is 380 g/mol. The molecule has 1 amide bonds. The van der Waals surface area contributed by atoms with E-state index in [1.807, 2.05) is 0 Å². The van der Waals surface area contributed by atoms with Crippen LogP contribution in [0.5, 0.6) is 0 Å². The second-order valence-corrected chi connectivity index (χ2v) is 6.56. The van der Waals surface area contributed by atoms with E-state index in [1.54, 1.807) is 6.92 Å². The lowest BCUT2D eigenvalue weighted by Gasteiger charge is -2.27. The molecule has 1 fully saturated rings. The van der Waals surface area contributed by atoms with Crippen LogP contribution in [0, 0.1) is 5.41 Å². The van der Waals surface area contributed by atoms with Crippen LogP contribution in [0.3, 0.4) is 0 Å². The first-order valence-corrected chi connectivity index (χ1v) is 9.48. The van der Waals surface area contributed by atoms with E-state index in [9.17, 15) is 9.59 Å². The molecule has 0 bridgehead atoms. The van der Waals surface area contributed by atoms with Gasteiger partial charge in [-0.05, 0) is 26.2 Å². The SMILES string of the molecule is O=CO.[2H]C([2H])([2H])N1C(=N)NC(=O)CCCCCCCCCC(C)OC(=O)C1N=C(N)N. The Bertz CT molecular complexity index is 656. The van der Waals surface area contributed by atoms with Crippen LogP contribution in [0.25, 0.3) is 0 Å². The summed E-state index contributed by atoms with van der Waals surface area (Å²) in [5, 5.41) is 17.2. The van der Waals surface area contributed by atoms with Gasteiger partial charge in [0.25, 0.3) is 6.47 Å². The van der Waals surface area contributed by atoms with Crippen LogP contribution in [0.15, 0.2) is 4.99 Å². The van der Waals surface area contributed by atoms with Crippen molar-refractivity contribution in [2.24, 2.45) is 16.5 Å². The number of hydrogen-bond acceptors (Lipinski definition) is 6. The summed E-state index contributed by atoms with van der Waals surface area (Å²) >= 11 is 0. The first-order chi connectivity index (χ1) is 14.9. The molecule has 1 aliphatic heterocycles. The number of likely N-dealkylation sites (N-methyl/N-ethyl adjacent to an activating group) is 1. The molecule has 166 valence electrons. The van der Waals surface area contributed by atoms with Gasteiger partial charge >= 0.3 is 5.97 Å². The summed E-state index contributed by atoms with van der Waals surface area (Å²) in [6, 6.07) is 0. The summed E-state index contributed by atoms with van der Waals surface area (Å²) in [7, 11) is 0. The Morgan fingerprint density at radius 1 is 1.28 bits per heavy atom. The number of cyclic esters (lactones) is 1. The Morgan fingerprint density at radius 2 is 1.83 bits per heavy atom. The molecular formula is C18H34N6O5. The number of esters is 1. The third-order valence-corrected chi connectivity index (χ3v) is 4.06. The molecule has 2 atom stereocenters. The van der Waals surface area contributed by atoms with Crippen molar-refractivity contribution in [1.29, 1.82) is 5.41 Å². The van der Waals surface area contributed by atoms with Gasteiger partial charge in [0, 0.05) is 17.5 Å². The van der Waals surface area contributed by atoms with Crippen LogP contribution < -0.4 is 16.8 Å². The highest BCUT2D eigenvalue weighted by Crippen LogP contribution is 2.13. The molecule has 1 heterocycles. The number of carboxylic acid groups (broad SMARTS) is 1. The Hall–Kier alpha value is -2.85. The average Bonchev–Trinajstić information content (AvgIpc) is 2.64. The van der Waals surface area contributed by atoms with Gasteiger partial charge < -0.3 is 26.2 Å². The smallest absolute Gasteiger partial charge is 0.352 e. The quantitative estimate of drug-likeness (QED) is 0.179. The van der Waals surface area contributed by atoms with Gasteiger partial charge in [0.1, 0.15) is 0 Å². The van der Waals surface area contributed by atoms with Crippen LogP contribution in [-0.2, 0) is 19.1 Å². The molecule has 0 radical (unpaired) electrons. The number of carbonyl (C=O) groups excluding carboxylic acids is 2. The summed E-state index contributed by atoms with van der Waals surface area (Å²) in [4.78, 5) is 37.2. The van der Waals surface area contributed by atoms with Gasteiger partial charge in [-0.15, -0.1) is 0 Å². The van der Waals surface area contributed by atoms with E-state index in [2.05, 4.69) is 10.3 Å². The Morgan fingerprint density at radius 3 is 2.38 bits per heavy atom. The number of nitrogens with zero attached hydrogens (tertiary/aromatic N) is 2. The van der Waals surface area contributed by atoms with Gasteiger partial charge in [-0.1, -0.05) is 32.1 Å². The van der Waals surface area contributed by atoms with Crippen molar-refractivity contribution < 1.29 is 28.3 Å². The second-order valence-electron chi connectivity index (χ2n) is 6.56. The number of amides is 1. The number of rotatable bonds is 1. The largest absolute Gasteiger partial charge is 0.483 e. The fourth-order valence-corrected chi connectivity index (χ4v) is 2.65. The highest BCUT2D eigenvalue weighted by Gasteiger charge is 2.28. The Kier molecular flexibility index (Phi) is 10.9. The number of guanidine groups is 2. The van der Waals surface area contributed by atoms with E-state index in [0.717, 1.165) is 38.5 Å². The third-order valence-electron chi connectivity index (χ3n) is 4.06. The number of carbonyl (C=O) groups is 3. The standard InChI is InChI=1S/C17H32N6O3.CH2O2/c1-12-10-8-6-4-3-5-7-9-11-13(24)21-17(20)23(2)14(15(25)26-12)22-16(18)19;2-1-3/h12,14H,3-11H2,1-2H3,(H4,18,19,22)(H2,20,21,24);1H,(H,2,3)/i2D3;. The highest BCUT2D eigenvalue weighted by atomic mass is 16.5. The van der Waals surface area contributed by atoms with Crippen LogP contribution >= 0.6 is 0 Å². The van der Waals surface area contributed by atoms with Crippen molar-refractivity contribution in [2.75, 3.05) is 6.98 Å². The predicted octanol–water partition coefficient (Wildman–Crippen LogP) is 0.726. The monoisotopic (exact) mass is 417 g/mol. The summed E-state index contributed by atoms with van der Waals surface area (Å²) in [6.45, 7) is -1.52. The zero-order chi connectivity index (χ0) is 24.7. The topological polar surface area (TPSA) is 184 Å². The van der Waals surface area contributed by atoms with Crippen LogP contribution in [0.1, 0.15) is 68.8 Å². The summed E-state index contributed by atoms with van der Waals surface area (Å²) in [5.74, 6) is -2.86. The fraction of sp³-hybridized carbons (Fsp3) is 0.722. The summed E-state index contributed by atoms with van der Waals surface area (Å²) in [5.41, 5.74) is 10.7. The molecule has 0 aromatic rings. The van der Waals surface area contributed by atoms with Crippen LogP contribution in [-0.4, -0.2) is 59.5 Å². The van der Waals surface area contributed by atoms with Crippen LogP contribution in [0.4, 0.5) is 0 Å². The van der Waals surface area contributed by atoms with Crippen molar-refractivity contribution in [3.05, 3.63) is 0 Å². The Labute approximate surface area is 175 Å². The number of aliphatic imine (C=N–C) groups is 1. The van der Waals surface area contributed by atoms with E-state index in [-0.39, 0.29) is 12.9 Å². The van der Waals surface area contributed by atoms with Crippen molar-refractivity contribution in [2.45, 2.75) is 77.0 Å². The maximum absolute atomic E-state index is 12.7. The van der Waals surface area contributed by atoms with E-state index in [0.29, 0.717) is 17.7 Å². The van der Waals surface area contributed by atoms with Crippen molar-refractivity contribution in [3.63, 3.8) is 0 Å². The Balaban J connectivity index is 0.00000302. The lowest BCUT2D eigenvalue weighted by Crippen LogP contribution is -2.50. The van der Waals surface area contributed by atoms with Gasteiger partial charge in [0.15, 0.2) is 11.9 Å². The summed E-state index contributed by atoms with van der Waals surface area (Å²) < 4.78 is 28.5. The number of hydrogen-bond donors (Lipinski definition) is 5. The fourth-order valence-electron chi connectivity index (χ4n) is 2.65. The van der Waals surface area contributed by atoms with E-state index < -0.39 is 43.0 Å². The lowest BCUT2D eigenvalue weighted by atomic mass is 10.1. The number of ether oxygens (including phenoxy) is 1. The minimum atomic E-state index is -2.97. The molecule has 11 heteroatoms. The molecule has 1 aliphatic rings. The molecule has 11 nitrogen and oxygen atoms in total. The van der Waals surface area contributed by atoms with Gasteiger partial charge in [0.2, 0.25) is 12.1 Å². The van der Waals surface area contributed by atoms with Crippen LogP contribution in [0.2, 0.25) is 0 Å². The molecule has 2 unspecified atom stereocenters. The van der Waals surface area contributed by atoms with Gasteiger partial charge in [-0.2, -0.15) is 0 Å².